The normalized spacial score (nSPS) is 31.3. The van der Waals surface area contributed by atoms with Crippen molar-refractivity contribution < 1.29 is 18.1 Å². The van der Waals surface area contributed by atoms with Gasteiger partial charge in [-0.3, -0.25) is 10.1 Å². The molecule has 0 aromatic rings. The summed E-state index contributed by atoms with van der Waals surface area (Å²) in [6, 6.07) is -1.56. The van der Waals surface area contributed by atoms with Crippen LogP contribution in [0, 0.1) is 10.1 Å². The lowest BCUT2D eigenvalue weighted by Gasteiger charge is -2.26. The van der Waals surface area contributed by atoms with Crippen molar-refractivity contribution in [3.05, 3.63) is 33.9 Å². The van der Waals surface area contributed by atoms with Crippen LogP contribution in [0.2, 0.25) is 0 Å². The van der Waals surface area contributed by atoms with Gasteiger partial charge in [-0.05, 0) is 6.92 Å². The summed E-state index contributed by atoms with van der Waals surface area (Å²) in [5.41, 5.74) is 3.06. The third-order valence-corrected chi connectivity index (χ3v) is 2.15. The molecule has 0 heterocycles. The minimum absolute atomic E-state index is 0.542. The molecular formula is C8H9F3N2O2. The molecule has 0 fully saturated rings. The van der Waals surface area contributed by atoms with Crippen LogP contribution in [0.15, 0.2) is 23.8 Å². The lowest BCUT2D eigenvalue weighted by Crippen LogP contribution is -2.51. The van der Waals surface area contributed by atoms with Crippen LogP contribution in [0.4, 0.5) is 13.2 Å². The summed E-state index contributed by atoms with van der Waals surface area (Å²) in [5, 5.41) is 10.5. The Morgan fingerprint density at radius 1 is 1.60 bits per heavy atom. The van der Waals surface area contributed by atoms with Gasteiger partial charge < -0.3 is 5.73 Å². The summed E-state index contributed by atoms with van der Waals surface area (Å²) >= 11 is 0. The lowest BCUT2D eigenvalue weighted by atomic mass is 9.87. The molecule has 15 heavy (non-hydrogen) atoms. The smallest absolute Gasteiger partial charge is 0.316 e. The summed E-state index contributed by atoms with van der Waals surface area (Å²) in [4.78, 5) is 9.70. The summed E-state index contributed by atoms with van der Waals surface area (Å²) in [7, 11) is 0. The fraction of sp³-hybridized carbons (Fsp3) is 0.500. The number of allylic oxidation sites excluding steroid dienone is 2. The molecule has 2 unspecified atom stereocenters. The Morgan fingerprint density at radius 2 is 2.13 bits per heavy atom. The van der Waals surface area contributed by atoms with Crippen LogP contribution in [-0.2, 0) is 0 Å². The molecule has 0 saturated carbocycles. The van der Waals surface area contributed by atoms with E-state index in [1.807, 2.05) is 0 Å². The van der Waals surface area contributed by atoms with E-state index in [-0.39, 0.29) is 0 Å². The highest BCUT2D eigenvalue weighted by Gasteiger charge is 2.43. The monoisotopic (exact) mass is 222 g/mol. The number of nitrogens with zero attached hydrogens (tertiary/aromatic N) is 1. The van der Waals surface area contributed by atoms with Crippen molar-refractivity contribution >= 4 is 0 Å². The molecule has 0 aromatic carbocycles. The van der Waals surface area contributed by atoms with Gasteiger partial charge in [-0.2, -0.15) is 13.2 Å². The number of alkyl halides is 3. The molecule has 1 aliphatic carbocycles. The number of hydrogen-bond acceptors (Lipinski definition) is 3. The number of nitrogens with two attached hydrogens (primary N) is 1. The second-order valence-electron chi connectivity index (χ2n) is 3.55. The maximum absolute atomic E-state index is 12.2. The van der Waals surface area contributed by atoms with Gasteiger partial charge in [0.15, 0.2) is 0 Å². The highest BCUT2D eigenvalue weighted by atomic mass is 19.4. The molecule has 0 radical (unpaired) electrons. The Morgan fingerprint density at radius 3 is 2.53 bits per heavy atom. The molecule has 2 N–H and O–H groups in total. The largest absolute Gasteiger partial charge is 0.416 e. The van der Waals surface area contributed by atoms with Crippen LogP contribution in [0.1, 0.15) is 6.92 Å². The van der Waals surface area contributed by atoms with E-state index in [9.17, 15) is 23.3 Å². The Hall–Kier alpha value is -1.37. The van der Waals surface area contributed by atoms with Crippen molar-refractivity contribution in [1.82, 2.24) is 0 Å². The predicted molar refractivity (Wildman–Crippen MR) is 46.7 cm³/mol. The first kappa shape index (κ1) is 11.7. The van der Waals surface area contributed by atoms with Crippen molar-refractivity contribution in [2.24, 2.45) is 5.73 Å². The first-order valence-corrected chi connectivity index (χ1v) is 4.05. The number of halogens is 3. The number of nitro groups is 1. The van der Waals surface area contributed by atoms with Gasteiger partial charge in [-0.25, -0.2) is 0 Å². The van der Waals surface area contributed by atoms with Gasteiger partial charge in [-0.1, -0.05) is 12.2 Å². The van der Waals surface area contributed by atoms with E-state index in [0.717, 1.165) is 12.2 Å². The van der Waals surface area contributed by atoms with Crippen LogP contribution >= 0.6 is 0 Å². The van der Waals surface area contributed by atoms with Gasteiger partial charge in [0.1, 0.15) is 5.54 Å². The van der Waals surface area contributed by atoms with E-state index in [4.69, 9.17) is 5.73 Å². The van der Waals surface area contributed by atoms with Crippen LogP contribution < -0.4 is 5.73 Å². The van der Waals surface area contributed by atoms with E-state index < -0.39 is 28.3 Å². The maximum atomic E-state index is 12.2. The third-order valence-electron chi connectivity index (χ3n) is 2.15. The minimum atomic E-state index is -4.58. The highest BCUT2D eigenvalue weighted by molar-refractivity contribution is 5.34. The summed E-state index contributed by atoms with van der Waals surface area (Å²) in [6.07, 6.45) is -2.27. The van der Waals surface area contributed by atoms with Gasteiger partial charge >= 0.3 is 6.18 Å². The van der Waals surface area contributed by atoms with Crippen LogP contribution in [-0.4, -0.2) is 22.7 Å². The summed E-state index contributed by atoms with van der Waals surface area (Å²) < 4.78 is 36.7. The Labute approximate surface area is 83.4 Å². The molecule has 0 bridgehead atoms. The highest BCUT2D eigenvalue weighted by Crippen LogP contribution is 2.32. The van der Waals surface area contributed by atoms with E-state index in [2.05, 4.69) is 0 Å². The van der Waals surface area contributed by atoms with E-state index in [1.54, 1.807) is 0 Å². The average molecular weight is 222 g/mol. The zero-order valence-electron chi connectivity index (χ0n) is 7.78. The van der Waals surface area contributed by atoms with Crippen molar-refractivity contribution in [1.29, 1.82) is 0 Å². The molecule has 0 aromatic heterocycles. The van der Waals surface area contributed by atoms with Crippen LogP contribution in [0.3, 0.4) is 0 Å². The molecule has 0 aliphatic heterocycles. The van der Waals surface area contributed by atoms with Crippen LogP contribution in [0.5, 0.6) is 0 Å². The van der Waals surface area contributed by atoms with Crippen molar-refractivity contribution in [3.63, 3.8) is 0 Å². The van der Waals surface area contributed by atoms with Crippen molar-refractivity contribution in [2.45, 2.75) is 24.7 Å². The molecule has 7 heteroatoms. The Kier molecular flexibility index (Phi) is 2.60. The second kappa shape index (κ2) is 3.34. The quantitative estimate of drug-likeness (QED) is 0.538. The van der Waals surface area contributed by atoms with Crippen LogP contribution in [0.25, 0.3) is 0 Å². The molecule has 2 atom stereocenters. The standard InChI is InChI=1S/C8H9F3N2O2/c1-7(12)3-2-5(8(9,10)11)4-6(7)13(14)15/h2-4,6H,12H2,1H3. The SMILES string of the molecule is CC1(N)C=CC(C(F)(F)F)=CC1[N+](=O)[O-]. The fourth-order valence-electron chi connectivity index (χ4n) is 1.25. The van der Waals surface area contributed by atoms with E-state index in [0.29, 0.717) is 6.08 Å². The van der Waals surface area contributed by atoms with Gasteiger partial charge in [0.2, 0.25) is 0 Å². The lowest BCUT2D eigenvalue weighted by molar-refractivity contribution is -0.517. The van der Waals surface area contributed by atoms with Gasteiger partial charge in [-0.15, -0.1) is 0 Å². The number of rotatable bonds is 1. The predicted octanol–water partition coefficient (Wildman–Crippen LogP) is 1.41. The summed E-state index contributed by atoms with van der Waals surface area (Å²) in [6.45, 7) is 1.31. The molecular weight excluding hydrogens is 213 g/mol. The zero-order chi connectivity index (χ0) is 11.9. The molecule has 0 saturated heterocycles. The summed E-state index contributed by atoms with van der Waals surface area (Å²) in [5.74, 6) is 0. The Balaban J connectivity index is 3.10. The topological polar surface area (TPSA) is 69.2 Å². The van der Waals surface area contributed by atoms with Gasteiger partial charge in [0, 0.05) is 11.0 Å². The van der Waals surface area contributed by atoms with Gasteiger partial charge in [0.25, 0.3) is 6.04 Å². The van der Waals surface area contributed by atoms with Gasteiger partial charge in [0.05, 0.1) is 5.57 Å². The van der Waals surface area contributed by atoms with Crippen molar-refractivity contribution in [3.8, 4) is 0 Å². The molecule has 84 valence electrons. The first-order valence-electron chi connectivity index (χ1n) is 4.05. The van der Waals surface area contributed by atoms with E-state index >= 15 is 0 Å². The molecule has 0 spiro atoms. The molecule has 4 nitrogen and oxygen atoms in total. The molecule has 1 aliphatic rings. The zero-order valence-corrected chi connectivity index (χ0v) is 7.78. The third kappa shape index (κ3) is 2.35. The molecule has 1 rings (SSSR count). The Bertz CT molecular complexity index is 344. The van der Waals surface area contributed by atoms with Crippen molar-refractivity contribution in [2.75, 3.05) is 0 Å². The van der Waals surface area contributed by atoms with E-state index in [1.165, 1.54) is 6.92 Å². The average Bonchev–Trinajstić information content (AvgIpc) is 2.00. The number of hydrogen-bond donors (Lipinski definition) is 1. The minimum Gasteiger partial charge on any atom is -0.316 e. The first-order chi connectivity index (χ1) is 6.64. The fourth-order valence-corrected chi connectivity index (χ4v) is 1.25. The molecule has 0 amide bonds. The second-order valence-corrected chi connectivity index (χ2v) is 3.55. The maximum Gasteiger partial charge on any atom is 0.416 e.